The smallest absolute Gasteiger partial charge is 0.182 e. The van der Waals surface area contributed by atoms with Crippen molar-refractivity contribution in [2.45, 2.75) is 6.42 Å². The predicted octanol–water partition coefficient (Wildman–Crippen LogP) is 3.54. The van der Waals surface area contributed by atoms with Crippen LogP contribution in [0.3, 0.4) is 0 Å². The molecular weight excluding hydrogens is 349 g/mol. The maximum absolute atomic E-state index is 12.3. The molecule has 3 rings (SSSR count). The molecular formula is C16H14INO. The van der Waals surface area contributed by atoms with Crippen LogP contribution in [-0.2, 0) is 6.42 Å². The first-order chi connectivity index (χ1) is 9.24. The van der Waals surface area contributed by atoms with Crippen molar-refractivity contribution < 1.29 is 4.79 Å². The Labute approximate surface area is 126 Å². The Morgan fingerprint density at radius 2 is 1.84 bits per heavy atom. The molecule has 0 atom stereocenters. The zero-order valence-electron chi connectivity index (χ0n) is 10.5. The molecule has 1 aliphatic heterocycles. The highest BCUT2D eigenvalue weighted by Crippen LogP contribution is 2.27. The molecule has 2 aromatic rings. The van der Waals surface area contributed by atoms with Crippen molar-refractivity contribution in [1.29, 1.82) is 0 Å². The molecule has 2 aromatic carbocycles. The number of fused-ring (bicyclic) bond motifs is 1. The van der Waals surface area contributed by atoms with Crippen LogP contribution in [0.2, 0.25) is 0 Å². The van der Waals surface area contributed by atoms with Crippen molar-refractivity contribution in [2.24, 2.45) is 0 Å². The fourth-order valence-electron chi connectivity index (χ4n) is 2.47. The van der Waals surface area contributed by atoms with E-state index < -0.39 is 0 Å². The molecule has 0 amide bonds. The first-order valence-corrected chi connectivity index (χ1v) is 7.43. The average molecular weight is 363 g/mol. The quantitative estimate of drug-likeness (QED) is 0.614. The molecule has 3 heteroatoms. The topological polar surface area (TPSA) is 20.3 Å². The van der Waals surface area contributed by atoms with Gasteiger partial charge < -0.3 is 4.90 Å². The van der Waals surface area contributed by atoms with Crippen LogP contribution >= 0.6 is 22.6 Å². The van der Waals surface area contributed by atoms with Gasteiger partial charge >= 0.3 is 0 Å². The molecule has 0 N–H and O–H groups in total. The van der Waals surface area contributed by atoms with Crippen LogP contribution in [-0.4, -0.2) is 18.9 Å². The first kappa shape index (κ1) is 12.7. The summed E-state index contributed by atoms with van der Waals surface area (Å²) in [4.78, 5) is 14.5. The summed E-state index contributed by atoms with van der Waals surface area (Å²) in [6, 6.07) is 16.1. The van der Waals surface area contributed by atoms with Gasteiger partial charge in [-0.1, -0.05) is 30.3 Å². The van der Waals surface area contributed by atoms with Crippen molar-refractivity contribution in [3.63, 3.8) is 0 Å². The zero-order valence-corrected chi connectivity index (χ0v) is 12.6. The lowest BCUT2D eigenvalue weighted by molar-refractivity contribution is 0.0999. The highest BCUT2D eigenvalue weighted by Gasteiger charge is 2.20. The van der Waals surface area contributed by atoms with Crippen LogP contribution < -0.4 is 4.90 Å². The van der Waals surface area contributed by atoms with E-state index >= 15 is 0 Å². The summed E-state index contributed by atoms with van der Waals surface area (Å²) in [6.45, 7) is 1.41. The maximum Gasteiger partial charge on any atom is 0.182 e. The molecule has 0 aromatic heterocycles. The Bertz CT molecular complexity index is 606. The second-order valence-corrected chi connectivity index (χ2v) is 5.98. The second-order valence-electron chi connectivity index (χ2n) is 4.73. The molecule has 0 unspecified atom stereocenters. The molecule has 0 radical (unpaired) electrons. The van der Waals surface area contributed by atoms with Crippen LogP contribution in [0.25, 0.3) is 0 Å². The SMILES string of the molecule is O=C(CN1CCc2ccccc21)c1ccc(I)cc1. The summed E-state index contributed by atoms with van der Waals surface area (Å²) >= 11 is 2.25. The molecule has 2 nitrogen and oxygen atoms in total. The number of hydrogen-bond donors (Lipinski definition) is 0. The maximum atomic E-state index is 12.3. The van der Waals surface area contributed by atoms with Gasteiger partial charge in [-0.05, 0) is 52.8 Å². The average Bonchev–Trinajstić information content (AvgIpc) is 2.83. The summed E-state index contributed by atoms with van der Waals surface area (Å²) in [5.41, 5.74) is 3.35. The third-order valence-electron chi connectivity index (χ3n) is 3.48. The van der Waals surface area contributed by atoms with Crippen LogP contribution in [0, 0.1) is 3.57 Å². The number of nitrogens with zero attached hydrogens (tertiary/aromatic N) is 1. The Hall–Kier alpha value is -1.36. The lowest BCUT2D eigenvalue weighted by atomic mass is 10.1. The Morgan fingerprint density at radius 1 is 1.11 bits per heavy atom. The minimum absolute atomic E-state index is 0.188. The molecule has 0 spiro atoms. The number of Topliss-reactive ketones (excluding diaryl/α,β-unsaturated/α-hetero) is 1. The van der Waals surface area contributed by atoms with E-state index in [2.05, 4.69) is 45.7 Å². The largest absolute Gasteiger partial charge is 0.363 e. The fourth-order valence-corrected chi connectivity index (χ4v) is 2.83. The number of anilines is 1. The highest BCUT2D eigenvalue weighted by atomic mass is 127. The molecule has 0 saturated carbocycles. The van der Waals surface area contributed by atoms with Crippen molar-refractivity contribution in [3.05, 3.63) is 63.2 Å². The number of halogens is 1. The number of carbonyl (C=O) groups excluding carboxylic acids is 1. The van der Waals surface area contributed by atoms with E-state index in [4.69, 9.17) is 0 Å². The number of para-hydroxylation sites is 1. The van der Waals surface area contributed by atoms with Gasteiger partial charge in [0.25, 0.3) is 0 Å². The van der Waals surface area contributed by atoms with Crippen molar-refractivity contribution in [3.8, 4) is 0 Å². The molecule has 1 aliphatic rings. The molecule has 0 saturated heterocycles. The predicted molar refractivity (Wildman–Crippen MR) is 85.8 cm³/mol. The van der Waals surface area contributed by atoms with E-state index in [1.54, 1.807) is 0 Å². The molecule has 0 fully saturated rings. The highest BCUT2D eigenvalue weighted by molar-refractivity contribution is 14.1. The molecule has 1 heterocycles. The van der Waals surface area contributed by atoms with Gasteiger partial charge in [0.05, 0.1) is 6.54 Å². The van der Waals surface area contributed by atoms with Crippen molar-refractivity contribution >= 4 is 34.1 Å². The first-order valence-electron chi connectivity index (χ1n) is 6.35. The van der Waals surface area contributed by atoms with Gasteiger partial charge in [-0.2, -0.15) is 0 Å². The lowest BCUT2D eigenvalue weighted by Crippen LogP contribution is -2.27. The minimum atomic E-state index is 0.188. The van der Waals surface area contributed by atoms with Gasteiger partial charge in [-0.15, -0.1) is 0 Å². The van der Waals surface area contributed by atoms with Crippen LogP contribution in [0.1, 0.15) is 15.9 Å². The van der Waals surface area contributed by atoms with E-state index in [9.17, 15) is 4.79 Å². The van der Waals surface area contributed by atoms with Crippen LogP contribution in [0.5, 0.6) is 0 Å². The number of hydrogen-bond acceptors (Lipinski definition) is 2. The third kappa shape index (κ3) is 2.66. The molecule has 19 heavy (non-hydrogen) atoms. The summed E-state index contributed by atoms with van der Waals surface area (Å²) in [7, 11) is 0. The molecule has 96 valence electrons. The summed E-state index contributed by atoms with van der Waals surface area (Å²) < 4.78 is 1.15. The van der Waals surface area contributed by atoms with E-state index in [-0.39, 0.29) is 5.78 Å². The molecule has 0 aliphatic carbocycles. The van der Waals surface area contributed by atoms with E-state index in [1.165, 1.54) is 11.3 Å². The normalized spacial score (nSPS) is 13.4. The van der Waals surface area contributed by atoms with Gasteiger partial charge in [0.1, 0.15) is 0 Å². The van der Waals surface area contributed by atoms with Crippen LogP contribution in [0.15, 0.2) is 48.5 Å². The number of ketones is 1. The van der Waals surface area contributed by atoms with Gasteiger partial charge in [0.2, 0.25) is 0 Å². The Balaban J connectivity index is 1.76. The minimum Gasteiger partial charge on any atom is -0.363 e. The zero-order chi connectivity index (χ0) is 13.2. The van der Waals surface area contributed by atoms with E-state index in [1.807, 2.05) is 30.3 Å². The molecule has 0 bridgehead atoms. The van der Waals surface area contributed by atoms with Crippen molar-refractivity contribution in [2.75, 3.05) is 18.0 Å². The second kappa shape index (κ2) is 5.33. The monoisotopic (exact) mass is 363 g/mol. The summed E-state index contributed by atoms with van der Waals surface area (Å²) in [5, 5.41) is 0. The Morgan fingerprint density at radius 3 is 2.63 bits per heavy atom. The fraction of sp³-hybridized carbons (Fsp3) is 0.188. The Kier molecular flexibility index (Phi) is 3.55. The van der Waals surface area contributed by atoms with Gasteiger partial charge in [-0.25, -0.2) is 0 Å². The van der Waals surface area contributed by atoms with Crippen molar-refractivity contribution in [1.82, 2.24) is 0 Å². The van der Waals surface area contributed by atoms with E-state index in [0.29, 0.717) is 6.54 Å². The van der Waals surface area contributed by atoms with Gasteiger partial charge in [0, 0.05) is 21.4 Å². The standard InChI is InChI=1S/C16H14INO/c17-14-7-5-13(6-8-14)16(19)11-18-10-9-12-3-1-2-4-15(12)18/h1-8H,9-11H2. The summed E-state index contributed by atoms with van der Waals surface area (Å²) in [5.74, 6) is 0.188. The lowest BCUT2D eigenvalue weighted by Gasteiger charge is -2.18. The van der Waals surface area contributed by atoms with Gasteiger partial charge in [-0.3, -0.25) is 4.79 Å². The number of carbonyl (C=O) groups is 1. The summed E-state index contributed by atoms with van der Waals surface area (Å²) in [6.07, 6.45) is 1.04. The number of benzene rings is 2. The van der Waals surface area contributed by atoms with Crippen LogP contribution in [0.4, 0.5) is 5.69 Å². The number of rotatable bonds is 3. The van der Waals surface area contributed by atoms with E-state index in [0.717, 1.165) is 22.1 Å². The van der Waals surface area contributed by atoms with Gasteiger partial charge in [0.15, 0.2) is 5.78 Å². The third-order valence-corrected chi connectivity index (χ3v) is 4.20.